The van der Waals surface area contributed by atoms with Crippen molar-refractivity contribution in [1.82, 2.24) is 0 Å². The minimum Gasteiger partial charge on any atom is -0.299 e. The molecule has 2 fully saturated rings. The second kappa shape index (κ2) is 10.8. The van der Waals surface area contributed by atoms with Gasteiger partial charge in [0, 0.05) is 12.3 Å². The zero-order valence-electron chi connectivity index (χ0n) is 19.9. The molecule has 3 aliphatic carbocycles. The van der Waals surface area contributed by atoms with Crippen LogP contribution >= 0.6 is 0 Å². The minimum absolute atomic E-state index is 0.332. The lowest BCUT2D eigenvalue weighted by atomic mass is 9.62. The Morgan fingerprint density at radius 2 is 1.97 bits per heavy atom. The van der Waals surface area contributed by atoms with Crippen LogP contribution in [0, 0.1) is 35.0 Å². The largest absolute Gasteiger partial charge is 0.299 e. The average molecular weight is 399 g/mol. The van der Waals surface area contributed by atoms with Crippen LogP contribution in [0.1, 0.15) is 98.8 Å². The van der Waals surface area contributed by atoms with Crippen LogP contribution in [0.4, 0.5) is 0 Å². The lowest BCUT2D eigenvalue weighted by Crippen LogP contribution is -2.33. The third-order valence-corrected chi connectivity index (χ3v) is 7.72. The number of allylic oxidation sites excluding steroid dienone is 4. The molecule has 0 aliphatic heterocycles. The Labute approximate surface area is 181 Å². The van der Waals surface area contributed by atoms with Gasteiger partial charge in [-0.2, -0.15) is 0 Å². The molecule has 2 saturated carbocycles. The van der Waals surface area contributed by atoms with Gasteiger partial charge in [0.05, 0.1) is 0 Å². The van der Waals surface area contributed by atoms with E-state index >= 15 is 0 Å². The molecular weight excluding hydrogens is 352 g/mol. The SMILES string of the molecule is C=C1CC[C@H](C(C)C)[C@H]2C=C(C)CC[C@H]12.C=CCCC(=O)C1CCCC(C)(C)C1. The smallest absolute Gasteiger partial charge is 0.136 e. The maximum atomic E-state index is 11.8. The van der Waals surface area contributed by atoms with Gasteiger partial charge in [0.2, 0.25) is 0 Å². The Balaban J connectivity index is 0.000000208. The Bertz CT molecular complexity index is 606. The molecule has 0 aromatic heterocycles. The second-order valence-corrected chi connectivity index (χ2v) is 11.1. The number of rotatable bonds is 5. The number of ketones is 1. The van der Waals surface area contributed by atoms with Crippen molar-refractivity contribution in [3.8, 4) is 0 Å². The van der Waals surface area contributed by atoms with Gasteiger partial charge in [0.15, 0.2) is 0 Å². The van der Waals surface area contributed by atoms with E-state index in [0.29, 0.717) is 23.5 Å². The normalized spacial score (nSPS) is 31.2. The fourth-order valence-electron chi connectivity index (χ4n) is 5.93. The summed E-state index contributed by atoms with van der Waals surface area (Å²) in [7, 11) is 0. The average Bonchev–Trinajstić information content (AvgIpc) is 2.65. The molecule has 164 valence electrons. The van der Waals surface area contributed by atoms with Crippen molar-refractivity contribution in [2.45, 2.75) is 98.8 Å². The van der Waals surface area contributed by atoms with Gasteiger partial charge in [-0.25, -0.2) is 0 Å². The minimum atomic E-state index is 0.332. The van der Waals surface area contributed by atoms with Gasteiger partial charge in [-0.05, 0) is 87.4 Å². The van der Waals surface area contributed by atoms with Crippen molar-refractivity contribution in [1.29, 1.82) is 0 Å². The molecule has 4 atom stereocenters. The van der Waals surface area contributed by atoms with Gasteiger partial charge in [0.1, 0.15) is 5.78 Å². The first-order valence-electron chi connectivity index (χ1n) is 12.1. The van der Waals surface area contributed by atoms with Crippen LogP contribution in [-0.4, -0.2) is 5.78 Å². The van der Waals surface area contributed by atoms with Crippen LogP contribution in [-0.2, 0) is 4.79 Å². The molecular formula is C28H46O. The summed E-state index contributed by atoms with van der Waals surface area (Å²) < 4.78 is 0. The molecule has 0 heterocycles. The molecule has 0 spiro atoms. The highest BCUT2D eigenvalue weighted by atomic mass is 16.1. The van der Waals surface area contributed by atoms with Crippen LogP contribution in [0.5, 0.6) is 0 Å². The summed E-state index contributed by atoms with van der Waals surface area (Å²) in [4.78, 5) is 11.8. The summed E-state index contributed by atoms with van der Waals surface area (Å²) in [6, 6.07) is 0. The molecule has 0 saturated heterocycles. The number of carbonyl (C=O) groups is 1. The third kappa shape index (κ3) is 6.97. The maximum Gasteiger partial charge on any atom is 0.136 e. The van der Waals surface area contributed by atoms with E-state index in [9.17, 15) is 4.79 Å². The van der Waals surface area contributed by atoms with Crippen LogP contribution in [0.25, 0.3) is 0 Å². The van der Waals surface area contributed by atoms with E-state index in [1.165, 1.54) is 44.1 Å². The molecule has 0 bridgehead atoms. The van der Waals surface area contributed by atoms with Gasteiger partial charge in [-0.3, -0.25) is 4.79 Å². The fourth-order valence-corrected chi connectivity index (χ4v) is 5.93. The molecule has 0 radical (unpaired) electrons. The molecule has 3 rings (SSSR count). The summed E-state index contributed by atoms with van der Waals surface area (Å²) in [6.45, 7) is 19.6. The van der Waals surface area contributed by atoms with Gasteiger partial charge < -0.3 is 0 Å². The van der Waals surface area contributed by atoms with Crippen molar-refractivity contribution in [3.05, 3.63) is 36.5 Å². The first-order valence-corrected chi connectivity index (χ1v) is 12.1. The highest BCUT2D eigenvalue weighted by Gasteiger charge is 2.36. The maximum absolute atomic E-state index is 11.8. The standard InChI is InChI=1S/C15H24.C13H22O/c1-10(2)13-8-6-12(4)14-7-5-11(3)9-15(13)14;1-4-5-8-12(14)11-7-6-9-13(2,3)10-11/h9-10,13-15H,4-8H2,1-3H3;4,11H,1,5-10H2,2-3H3/t13-,14-,15-;/m1./s1. The number of hydrogen-bond donors (Lipinski definition) is 0. The number of fused-ring (bicyclic) bond motifs is 1. The predicted octanol–water partition coefficient (Wildman–Crippen LogP) is 8.32. The fraction of sp³-hybridized carbons (Fsp3) is 0.750. The van der Waals surface area contributed by atoms with E-state index < -0.39 is 0 Å². The molecule has 3 aliphatic rings. The van der Waals surface area contributed by atoms with Crippen LogP contribution < -0.4 is 0 Å². The van der Waals surface area contributed by atoms with Crippen molar-refractivity contribution >= 4 is 5.78 Å². The molecule has 0 amide bonds. The molecule has 0 N–H and O–H groups in total. The van der Waals surface area contributed by atoms with E-state index in [1.54, 1.807) is 5.57 Å². The highest BCUT2D eigenvalue weighted by Crippen LogP contribution is 2.47. The number of carbonyl (C=O) groups excluding carboxylic acids is 1. The number of hydrogen-bond acceptors (Lipinski definition) is 1. The Morgan fingerprint density at radius 1 is 1.24 bits per heavy atom. The predicted molar refractivity (Wildman–Crippen MR) is 127 cm³/mol. The van der Waals surface area contributed by atoms with Gasteiger partial charge in [0.25, 0.3) is 0 Å². The van der Waals surface area contributed by atoms with Gasteiger partial charge in [-0.15, -0.1) is 6.58 Å². The highest BCUT2D eigenvalue weighted by molar-refractivity contribution is 5.81. The quantitative estimate of drug-likeness (QED) is 0.425. The van der Waals surface area contributed by atoms with E-state index in [0.717, 1.165) is 42.9 Å². The van der Waals surface area contributed by atoms with E-state index in [-0.39, 0.29) is 0 Å². The van der Waals surface area contributed by atoms with Crippen molar-refractivity contribution in [2.75, 3.05) is 0 Å². The van der Waals surface area contributed by atoms with Gasteiger partial charge >= 0.3 is 0 Å². The summed E-state index contributed by atoms with van der Waals surface area (Å²) in [5.41, 5.74) is 3.52. The summed E-state index contributed by atoms with van der Waals surface area (Å²) in [6.07, 6.45) is 15.9. The van der Waals surface area contributed by atoms with E-state index in [2.05, 4.69) is 53.9 Å². The van der Waals surface area contributed by atoms with E-state index in [1.807, 2.05) is 6.08 Å². The van der Waals surface area contributed by atoms with Gasteiger partial charge in [-0.1, -0.05) is 64.0 Å². The van der Waals surface area contributed by atoms with Crippen LogP contribution in [0.3, 0.4) is 0 Å². The molecule has 1 heteroatoms. The Hall–Kier alpha value is -1.11. The summed E-state index contributed by atoms with van der Waals surface area (Å²) in [5, 5.41) is 0. The zero-order chi connectivity index (χ0) is 21.6. The Kier molecular flexibility index (Phi) is 8.98. The first kappa shape index (κ1) is 24.2. The second-order valence-electron chi connectivity index (χ2n) is 11.1. The summed E-state index contributed by atoms with van der Waals surface area (Å²) >= 11 is 0. The lowest BCUT2D eigenvalue weighted by Gasteiger charge is -2.43. The lowest BCUT2D eigenvalue weighted by molar-refractivity contribution is -0.124. The van der Waals surface area contributed by atoms with Crippen LogP contribution in [0.15, 0.2) is 36.5 Å². The molecule has 1 nitrogen and oxygen atoms in total. The van der Waals surface area contributed by atoms with Crippen molar-refractivity contribution in [3.63, 3.8) is 0 Å². The topological polar surface area (TPSA) is 17.1 Å². The number of Topliss-reactive ketones (excluding diaryl/α,β-unsaturated/α-hetero) is 1. The monoisotopic (exact) mass is 398 g/mol. The third-order valence-electron chi connectivity index (χ3n) is 7.72. The van der Waals surface area contributed by atoms with E-state index in [4.69, 9.17) is 0 Å². The summed E-state index contributed by atoms with van der Waals surface area (Å²) in [5.74, 6) is 4.12. The van der Waals surface area contributed by atoms with Crippen molar-refractivity contribution < 1.29 is 4.79 Å². The van der Waals surface area contributed by atoms with Crippen LogP contribution in [0.2, 0.25) is 0 Å². The molecule has 0 aromatic carbocycles. The Morgan fingerprint density at radius 3 is 2.59 bits per heavy atom. The zero-order valence-corrected chi connectivity index (χ0v) is 19.9. The molecule has 29 heavy (non-hydrogen) atoms. The first-order chi connectivity index (χ1) is 13.6. The molecule has 0 aromatic rings. The van der Waals surface area contributed by atoms with Crippen molar-refractivity contribution in [2.24, 2.45) is 35.0 Å². The molecule has 1 unspecified atom stereocenters.